The highest BCUT2D eigenvalue weighted by Crippen LogP contribution is 2.15. The van der Waals surface area contributed by atoms with Crippen LogP contribution in [0.2, 0.25) is 0 Å². The second-order valence-electron chi connectivity index (χ2n) is 8.40. The molecule has 0 heterocycles. The van der Waals surface area contributed by atoms with Gasteiger partial charge in [0.25, 0.3) is 5.69 Å². The summed E-state index contributed by atoms with van der Waals surface area (Å²) in [5.74, 6) is -1.66. The van der Waals surface area contributed by atoms with Crippen LogP contribution in [0, 0.1) is 10.1 Å². The summed E-state index contributed by atoms with van der Waals surface area (Å²) >= 11 is 0. The number of alkyl carbamates (subject to hydrolysis) is 1. The van der Waals surface area contributed by atoms with Gasteiger partial charge in [0.05, 0.1) is 11.5 Å². The van der Waals surface area contributed by atoms with Gasteiger partial charge in [0.1, 0.15) is 31.0 Å². The first-order chi connectivity index (χ1) is 18.7. The number of carbonyl (C=O) groups excluding carboxylic acids is 3. The van der Waals surface area contributed by atoms with Crippen molar-refractivity contribution in [3.05, 3.63) is 106 Å². The van der Waals surface area contributed by atoms with Crippen molar-refractivity contribution < 1.29 is 39.0 Å². The van der Waals surface area contributed by atoms with E-state index in [0.717, 1.165) is 5.56 Å². The molecule has 0 radical (unpaired) electrons. The Hall–Kier alpha value is -4.97. The number of hydrogen-bond acceptors (Lipinski definition) is 9. The number of phenolic OH excluding ortho intramolecular Hbond substituents is 1. The summed E-state index contributed by atoms with van der Waals surface area (Å²) in [6.45, 7) is -1.03. The summed E-state index contributed by atoms with van der Waals surface area (Å²) in [5.41, 5.74) is 1.68. The summed E-state index contributed by atoms with van der Waals surface area (Å²) in [6, 6.07) is 17.6. The molecule has 3 aromatic rings. The molecule has 0 spiro atoms. The smallest absolute Gasteiger partial charge is 0.408 e. The normalized spacial score (nSPS) is 12.0. The van der Waals surface area contributed by atoms with E-state index in [0.29, 0.717) is 11.1 Å². The van der Waals surface area contributed by atoms with Crippen molar-refractivity contribution in [1.29, 1.82) is 0 Å². The number of hydrogen-bond donors (Lipinski definition) is 4. The van der Waals surface area contributed by atoms with Crippen molar-refractivity contribution in [3.63, 3.8) is 0 Å². The van der Waals surface area contributed by atoms with Gasteiger partial charge >= 0.3 is 12.1 Å². The standard InChI is InChI=1S/C27H27N3O9/c31-15-24(29-27(35)39-17-19-4-2-1-3-5-19)25(33)28-23(14-18-8-12-22(32)13-9-18)26(34)38-16-20-6-10-21(11-7-20)30(36)37/h1-13,23-24,31-32H,14-17H2,(H,28,33)(H,29,35)/t23-,24-/m0/s1. The Morgan fingerprint density at radius 3 is 2.00 bits per heavy atom. The Balaban J connectivity index is 1.64. The average molecular weight is 538 g/mol. The molecule has 0 saturated heterocycles. The van der Waals surface area contributed by atoms with Crippen LogP contribution in [-0.2, 0) is 38.7 Å². The number of nitrogens with zero attached hydrogens (tertiary/aromatic N) is 1. The lowest BCUT2D eigenvalue weighted by Gasteiger charge is -2.22. The maximum absolute atomic E-state index is 12.9. The molecule has 2 amide bonds. The second-order valence-corrected chi connectivity index (χ2v) is 8.40. The number of benzene rings is 3. The fourth-order valence-corrected chi connectivity index (χ4v) is 3.40. The van der Waals surface area contributed by atoms with Crippen molar-refractivity contribution in [2.75, 3.05) is 6.61 Å². The first-order valence-electron chi connectivity index (χ1n) is 11.8. The number of amides is 2. The van der Waals surface area contributed by atoms with E-state index < -0.39 is 41.6 Å². The molecule has 0 saturated carbocycles. The molecule has 0 aromatic heterocycles. The van der Waals surface area contributed by atoms with Crippen LogP contribution in [-0.4, -0.2) is 51.8 Å². The molecular formula is C27H27N3O9. The van der Waals surface area contributed by atoms with Crippen LogP contribution < -0.4 is 10.6 Å². The lowest BCUT2D eigenvalue weighted by Crippen LogP contribution is -2.54. The van der Waals surface area contributed by atoms with E-state index in [1.165, 1.54) is 36.4 Å². The highest BCUT2D eigenvalue weighted by molar-refractivity contribution is 5.90. The van der Waals surface area contributed by atoms with Crippen molar-refractivity contribution in [2.45, 2.75) is 31.7 Å². The zero-order chi connectivity index (χ0) is 28.2. The molecule has 4 N–H and O–H groups in total. The number of esters is 1. The number of non-ortho nitro benzene ring substituents is 1. The second kappa shape index (κ2) is 14.1. The topological polar surface area (TPSA) is 177 Å². The van der Waals surface area contributed by atoms with Gasteiger partial charge in [-0.15, -0.1) is 0 Å². The van der Waals surface area contributed by atoms with Crippen LogP contribution in [0.15, 0.2) is 78.9 Å². The van der Waals surface area contributed by atoms with Crippen LogP contribution >= 0.6 is 0 Å². The van der Waals surface area contributed by atoms with Crippen LogP contribution in [0.25, 0.3) is 0 Å². The van der Waals surface area contributed by atoms with Gasteiger partial charge in [0.15, 0.2) is 0 Å². The molecular weight excluding hydrogens is 510 g/mol. The minimum absolute atomic E-state index is 0.0126. The third-order valence-electron chi connectivity index (χ3n) is 5.51. The van der Waals surface area contributed by atoms with E-state index in [-0.39, 0.29) is 31.1 Å². The number of phenols is 1. The molecule has 39 heavy (non-hydrogen) atoms. The zero-order valence-corrected chi connectivity index (χ0v) is 20.7. The Morgan fingerprint density at radius 1 is 0.795 bits per heavy atom. The Morgan fingerprint density at radius 2 is 1.38 bits per heavy atom. The average Bonchev–Trinajstić information content (AvgIpc) is 2.95. The predicted octanol–water partition coefficient (Wildman–Crippen LogP) is 2.36. The highest BCUT2D eigenvalue weighted by atomic mass is 16.6. The fourth-order valence-electron chi connectivity index (χ4n) is 3.40. The van der Waals surface area contributed by atoms with Gasteiger partial charge in [-0.3, -0.25) is 14.9 Å². The van der Waals surface area contributed by atoms with E-state index in [2.05, 4.69) is 10.6 Å². The van der Waals surface area contributed by atoms with E-state index in [1.807, 2.05) is 0 Å². The van der Waals surface area contributed by atoms with E-state index in [1.54, 1.807) is 42.5 Å². The minimum atomic E-state index is -1.42. The summed E-state index contributed by atoms with van der Waals surface area (Å²) in [7, 11) is 0. The maximum atomic E-state index is 12.9. The Bertz CT molecular complexity index is 1270. The monoisotopic (exact) mass is 537 g/mol. The number of aliphatic hydroxyl groups excluding tert-OH is 1. The van der Waals surface area contributed by atoms with Crippen molar-refractivity contribution in [2.24, 2.45) is 0 Å². The molecule has 0 bridgehead atoms. The summed E-state index contributed by atoms with van der Waals surface area (Å²) in [5, 5.41) is 34.8. The molecule has 0 aliphatic rings. The van der Waals surface area contributed by atoms with Gasteiger partial charge in [-0.1, -0.05) is 42.5 Å². The van der Waals surface area contributed by atoms with Crippen molar-refractivity contribution >= 4 is 23.7 Å². The van der Waals surface area contributed by atoms with Crippen LogP contribution in [0.1, 0.15) is 16.7 Å². The number of carbonyl (C=O) groups is 3. The number of aromatic hydroxyl groups is 1. The number of nitrogens with one attached hydrogen (secondary N) is 2. The molecule has 0 fully saturated rings. The van der Waals surface area contributed by atoms with Gasteiger partial charge < -0.3 is 30.3 Å². The summed E-state index contributed by atoms with van der Waals surface area (Å²) in [6.07, 6.45) is -0.967. The minimum Gasteiger partial charge on any atom is -0.508 e. The lowest BCUT2D eigenvalue weighted by molar-refractivity contribution is -0.384. The predicted molar refractivity (Wildman–Crippen MR) is 137 cm³/mol. The maximum Gasteiger partial charge on any atom is 0.408 e. The van der Waals surface area contributed by atoms with Crippen molar-refractivity contribution in [1.82, 2.24) is 10.6 Å². The Kier molecular flexibility index (Phi) is 10.3. The molecule has 2 atom stereocenters. The number of aliphatic hydroxyl groups is 1. The molecule has 3 rings (SSSR count). The number of nitro groups is 1. The number of nitro benzene ring substituents is 1. The first kappa shape index (κ1) is 28.6. The quantitative estimate of drug-likeness (QED) is 0.153. The Labute approximate surface area is 223 Å². The van der Waals surface area contributed by atoms with Crippen LogP contribution in [0.4, 0.5) is 10.5 Å². The van der Waals surface area contributed by atoms with E-state index in [4.69, 9.17) is 9.47 Å². The molecule has 12 heteroatoms. The molecule has 3 aromatic carbocycles. The molecule has 0 aliphatic carbocycles. The van der Waals surface area contributed by atoms with E-state index in [9.17, 15) is 34.7 Å². The summed E-state index contributed by atoms with van der Waals surface area (Å²) in [4.78, 5) is 48.2. The molecule has 0 unspecified atom stereocenters. The van der Waals surface area contributed by atoms with Gasteiger partial charge in [0, 0.05) is 18.6 Å². The lowest BCUT2D eigenvalue weighted by atomic mass is 10.1. The first-order valence-corrected chi connectivity index (χ1v) is 11.8. The fraction of sp³-hybridized carbons (Fsp3) is 0.222. The number of rotatable bonds is 12. The zero-order valence-electron chi connectivity index (χ0n) is 20.7. The number of ether oxygens (including phenoxy) is 2. The molecule has 12 nitrogen and oxygen atoms in total. The van der Waals surface area contributed by atoms with Gasteiger partial charge in [-0.05, 0) is 41.0 Å². The van der Waals surface area contributed by atoms with Crippen LogP contribution in [0.3, 0.4) is 0 Å². The van der Waals surface area contributed by atoms with Crippen molar-refractivity contribution in [3.8, 4) is 5.75 Å². The SMILES string of the molecule is O=C(N[C@@H](CO)C(=O)N[C@@H](Cc1ccc(O)cc1)C(=O)OCc1ccc([N+](=O)[O-])cc1)OCc1ccccc1. The molecule has 204 valence electrons. The largest absolute Gasteiger partial charge is 0.508 e. The van der Waals surface area contributed by atoms with Gasteiger partial charge in [-0.25, -0.2) is 9.59 Å². The van der Waals surface area contributed by atoms with Crippen LogP contribution in [0.5, 0.6) is 5.75 Å². The summed E-state index contributed by atoms with van der Waals surface area (Å²) < 4.78 is 10.4. The third kappa shape index (κ3) is 9.13. The third-order valence-corrected chi connectivity index (χ3v) is 5.51. The van der Waals surface area contributed by atoms with Gasteiger partial charge in [0.2, 0.25) is 5.91 Å². The van der Waals surface area contributed by atoms with E-state index >= 15 is 0 Å². The highest BCUT2D eigenvalue weighted by Gasteiger charge is 2.28. The molecule has 0 aliphatic heterocycles. The van der Waals surface area contributed by atoms with Gasteiger partial charge in [-0.2, -0.15) is 0 Å².